The highest BCUT2D eigenvalue weighted by Gasteiger charge is 2.27. The van der Waals surface area contributed by atoms with Crippen molar-refractivity contribution in [2.75, 3.05) is 30.6 Å². The maximum Gasteiger partial charge on any atom is 0.229 e. The first-order valence-corrected chi connectivity index (χ1v) is 11.2. The molecule has 6 nitrogen and oxygen atoms in total. The molecule has 0 spiro atoms. The Bertz CT molecular complexity index is 853. The van der Waals surface area contributed by atoms with Gasteiger partial charge in [-0.2, -0.15) is 0 Å². The van der Waals surface area contributed by atoms with E-state index in [1.807, 2.05) is 30.5 Å². The predicted molar refractivity (Wildman–Crippen MR) is 121 cm³/mol. The highest BCUT2D eigenvalue weighted by Crippen LogP contribution is 2.31. The first kappa shape index (κ1) is 25.7. The number of anilines is 1. The normalized spacial score (nSPS) is 18.2. The van der Waals surface area contributed by atoms with Gasteiger partial charge in [-0.05, 0) is 49.2 Å². The topological polar surface area (TPSA) is 82.5 Å². The number of hydrogen-bond donors (Lipinski definition) is 2. The van der Waals surface area contributed by atoms with Gasteiger partial charge in [0.1, 0.15) is 0 Å². The summed E-state index contributed by atoms with van der Waals surface area (Å²) < 4.78 is 25.3. The summed E-state index contributed by atoms with van der Waals surface area (Å²) in [6.45, 7) is 2.79. The fraction of sp³-hybridized carbons (Fsp3) is 0.450. The molecule has 1 saturated heterocycles. The maximum absolute atomic E-state index is 11.4. The van der Waals surface area contributed by atoms with Crippen molar-refractivity contribution in [1.82, 2.24) is 9.88 Å². The highest BCUT2D eigenvalue weighted by molar-refractivity contribution is 7.92. The average molecular weight is 462 g/mol. The third-order valence-corrected chi connectivity index (χ3v) is 5.54. The summed E-state index contributed by atoms with van der Waals surface area (Å²) in [6, 6.07) is 13.0. The summed E-state index contributed by atoms with van der Waals surface area (Å²) >= 11 is 0. The minimum absolute atomic E-state index is 0. The molecule has 2 unspecified atom stereocenters. The average Bonchev–Trinajstić information content (AvgIpc) is 2.66. The first-order chi connectivity index (χ1) is 12.9. The molecule has 162 valence electrons. The SMILES string of the molecule is CS(=O)(=O)Nc1cccc(C(O)C2CCCN(CCc3ccccn3)C2)c1.Cl.Cl. The van der Waals surface area contributed by atoms with Gasteiger partial charge < -0.3 is 10.0 Å². The molecule has 1 aromatic carbocycles. The van der Waals surface area contributed by atoms with E-state index < -0.39 is 16.1 Å². The zero-order valence-corrected chi connectivity index (χ0v) is 18.8. The number of nitrogens with one attached hydrogen (secondary N) is 1. The van der Waals surface area contributed by atoms with Crippen molar-refractivity contribution >= 4 is 40.5 Å². The molecule has 2 N–H and O–H groups in total. The van der Waals surface area contributed by atoms with Crippen molar-refractivity contribution in [1.29, 1.82) is 0 Å². The molecule has 29 heavy (non-hydrogen) atoms. The summed E-state index contributed by atoms with van der Waals surface area (Å²) in [5.41, 5.74) is 2.32. The molecule has 2 atom stereocenters. The fourth-order valence-corrected chi connectivity index (χ4v) is 4.20. The smallest absolute Gasteiger partial charge is 0.229 e. The van der Waals surface area contributed by atoms with Crippen LogP contribution in [-0.4, -0.2) is 49.3 Å². The lowest BCUT2D eigenvalue weighted by atomic mass is 9.88. The first-order valence-electron chi connectivity index (χ1n) is 9.29. The number of aliphatic hydroxyl groups excluding tert-OH is 1. The van der Waals surface area contributed by atoms with Crippen molar-refractivity contribution in [2.45, 2.75) is 25.4 Å². The van der Waals surface area contributed by atoms with Crippen molar-refractivity contribution in [3.8, 4) is 0 Å². The van der Waals surface area contributed by atoms with E-state index in [9.17, 15) is 13.5 Å². The molecule has 2 heterocycles. The Morgan fingerprint density at radius 1 is 1.24 bits per heavy atom. The van der Waals surface area contributed by atoms with Crippen LogP contribution in [0.4, 0.5) is 5.69 Å². The van der Waals surface area contributed by atoms with E-state index in [0.29, 0.717) is 5.69 Å². The summed E-state index contributed by atoms with van der Waals surface area (Å²) in [5, 5.41) is 10.9. The third-order valence-electron chi connectivity index (χ3n) is 4.93. The van der Waals surface area contributed by atoms with Crippen LogP contribution in [0.5, 0.6) is 0 Å². The number of benzene rings is 1. The number of piperidine rings is 1. The van der Waals surface area contributed by atoms with E-state index in [2.05, 4.69) is 14.6 Å². The monoisotopic (exact) mass is 461 g/mol. The van der Waals surface area contributed by atoms with Crippen LogP contribution in [0.25, 0.3) is 0 Å². The Labute approximate surface area is 185 Å². The van der Waals surface area contributed by atoms with Gasteiger partial charge in [-0.15, -0.1) is 24.8 Å². The van der Waals surface area contributed by atoms with Crippen molar-refractivity contribution in [2.24, 2.45) is 5.92 Å². The quantitative estimate of drug-likeness (QED) is 0.660. The van der Waals surface area contributed by atoms with Gasteiger partial charge >= 0.3 is 0 Å². The van der Waals surface area contributed by atoms with Crippen LogP contribution in [0.3, 0.4) is 0 Å². The lowest BCUT2D eigenvalue weighted by Crippen LogP contribution is -2.39. The van der Waals surface area contributed by atoms with Crippen molar-refractivity contribution in [3.05, 3.63) is 59.9 Å². The van der Waals surface area contributed by atoms with Crippen LogP contribution < -0.4 is 4.72 Å². The molecule has 2 aromatic rings. The second-order valence-corrected chi connectivity index (χ2v) is 8.97. The Balaban J connectivity index is 0.00000210. The molecule has 0 saturated carbocycles. The number of rotatable bonds is 7. The van der Waals surface area contributed by atoms with Gasteiger partial charge in [-0.1, -0.05) is 18.2 Å². The largest absolute Gasteiger partial charge is 0.388 e. The van der Waals surface area contributed by atoms with Gasteiger partial charge in [0.05, 0.1) is 12.4 Å². The van der Waals surface area contributed by atoms with Crippen LogP contribution in [0.2, 0.25) is 0 Å². The van der Waals surface area contributed by atoms with E-state index in [-0.39, 0.29) is 30.7 Å². The highest BCUT2D eigenvalue weighted by atomic mass is 35.5. The maximum atomic E-state index is 11.4. The lowest BCUT2D eigenvalue weighted by Gasteiger charge is -2.35. The van der Waals surface area contributed by atoms with Gasteiger partial charge in [0.15, 0.2) is 0 Å². The zero-order chi connectivity index (χ0) is 19.3. The molecule has 1 aliphatic heterocycles. The minimum atomic E-state index is -3.33. The molecule has 0 amide bonds. The second-order valence-electron chi connectivity index (χ2n) is 7.22. The molecule has 1 aliphatic rings. The molecule has 0 aliphatic carbocycles. The molecule has 1 aromatic heterocycles. The Kier molecular flexibility index (Phi) is 10.4. The molecule has 9 heteroatoms. The summed E-state index contributed by atoms with van der Waals surface area (Å²) in [7, 11) is -3.33. The number of sulfonamides is 1. The van der Waals surface area contributed by atoms with Crippen LogP contribution in [-0.2, 0) is 16.4 Å². The Hall–Kier alpha value is -1.38. The zero-order valence-electron chi connectivity index (χ0n) is 16.4. The number of aromatic nitrogens is 1. The third kappa shape index (κ3) is 8.10. The van der Waals surface area contributed by atoms with Gasteiger partial charge in [-0.3, -0.25) is 9.71 Å². The Morgan fingerprint density at radius 2 is 2.03 bits per heavy atom. The second kappa shape index (κ2) is 11.7. The molecular weight excluding hydrogens is 433 g/mol. The molecular formula is C20H29Cl2N3O3S. The summed E-state index contributed by atoms with van der Waals surface area (Å²) in [5.74, 6) is 0.135. The van der Waals surface area contributed by atoms with Crippen molar-refractivity contribution in [3.63, 3.8) is 0 Å². The minimum Gasteiger partial charge on any atom is -0.388 e. The number of pyridine rings is 1. The van der Waals surface area contributed by atoms with Crippen LogP contribution >= 0.6 is 24.8 Å². The molecule has 1 fully saturated rings. The number of halogens is 2. The fourth-order valence-electron chi connectivity index (χ4n) is 3.64. The Morgan fingerprint density at radius 3 is 2.72 bits per heavy atom. The molecule has 3 rings (SSSR count). The van der Waals surface area contributed by atoms with Gasteiger partial charge in [0.2, 0.25) is 10.0 Å². The lowest BCUT2D eigenvalue weighted by molar-refractivity contribution is 0.0507. The molecule has 0 bridgehead atoms. The van der Waals surface area contributed by atoms with E-state index in [1.54, 1.807) is 18.2 Å². The van der Waals surface area contributed by atoms with Crippen LogP contribution in [0.1, 0.15) is 30.2 Å². The van der Waals surface area contributed by atoms with Gasteiger partial charge in [-0.25, -0.2) is 8.42 Å². The predicted octanol–water partition coefficient (Wildman–Crippen LogP) is 3.28. The number of hydrogen-bond acceptors (Lipinski definition) is 5. The summed E-state index contributed by atoms with van der Waals surface area (Å²) in [6.07, 6.45) is 5.24. The van der Waals surface area contributed by atoms with E-state index >= 15 is 0 Å². The van der Waals surface area contributed by atoms with Crippen LogP contribution in [0.15, 0.2) is 48.7 Å². The van der Waals surface area contributed by atoms with E-state index in [1.165, 1.54) is 0 Å². The summed E-state index contributed by atoms with van der Waals surface area (Å²) in [4.78, 5) is 6.75. The number of nitrogens with zero attached hydrogens (tertiary/aromatic N) is 2. The van der Waals surface area contributed by atoms with E-state index in [4.69, 9.17) is 0 Å². The number of likely N-dealkylation sites (tertiary alicyclic amines) is 1. The van der Waals surface area contributed by atoms with Crippen LogP contribution in [0, 0.1) is 5.92 Å². The standard InChI is InChI=1S/C20H27N3O3S.2ClH/c1-27(25,26)22-19-9-4-6-16(14-19)20(24)17-7-5-12-23(15-17)13-10-18-8-2-3-11-21-18;;/h2-4,6,8-9,11,14,17,20,22,24H,5,7,10,12-13,15H2,1H3;2*1H. The van der Waals surface area contributed by atoms with E-state index in [0.717, 1.165) is 56.4 Å². The van der Waals surface area contributed by atoms with Crippen molar-refractivity contribution < 1.29 is 13.5 Å². The van der Waals surface area contributed by atoms with Gasteiger partial charge in [0, 0.05) is 43.0 Å². The number of aliphatic hydroxyl groups is 1. The molecule has 0 radical (unpaired) electrons. The van der Waals surface area contributed by atoms with Gasteiger partial charge in [0.25, 0.3) is 0 Å².